The molecular formula is C19H25NO. The zero-order chi connectivity index (χ0) is 15.2. The molecule has 2 aromatic rings. The Balaban J connectivity index is 2.00. The van der Waals surface area contributed by atoms with Gasteiger partial charge < -0.3 is 10.5 Å². The van der Waals surface area contributed by atoms with Gasteiger partial charge in [0.15, 0.2) is 0 Å². The van der Waals surface area contributed by atoms with Gasteiger partial charge in [0.25, 0.3) is 0 Å². The van der Waals surface area contributed by atoms with Crippen LogP contribution in [0, 0.1) is 13.8 Å². The van der Waals surface area contributed by atoms with E-state index in [1.165, 1.54) is 22.3 Å². The number of aryl methyl sites for hydroxylation is 2. The molecule has 1 atom stereocenters. The summed E-state index contributed by atoms with van der Waals surface area (Å²) in [5, 5.41) is 0. The molecule has 112 valence electrons. The Kier molecular flexibility index (Phi) is 5.40. The lowest BCUT2D eigenvalue weighted by Crippen LogP contribution is -2.18. The van der Waals surface area contributed by atoms with E-state index in [-0.39, 0.29) is 6.04 Å². The van der Waals surface area contributed by atoms with Crippen LogP contribution in [0.15, 0.2) is 42.5 Å². The predicted molar refractivity (Wildman–Crippen MR) is 88.9 cm³/mol. The van der Waals surface area contributed by atoms with Gasteiger partial charge in [0.2, 0.25) is 0 Å². The lowest BCUT2D eigenvalue weighted by molar-refractivity contribution is 0.317. The van der Waals surface area contributed by atoms with Gasteiger partial charge in [-0.2, -0.15) is 0 Å². The zero-order valence-corrected chi connectivity index (χ0v) is 13.2. The van der Waals surface area contributed by atoms with Gasteiger partial charge in [0.1, 0.15) is 5.75 Å². The van der Waals surface area contributed by atoms with Gasteiger partial charge in [-0.3, -0.25) is 0 Å². The van der Waals surface area contributed by atoms with E-state index in [1.54, 1.807) is 0 Å². The summed E-state index contributed by atoms with van der Waals surface area (Å²) in [6.45, 7) is 6.96. The van der Waals surface area contributed by atoms with Crippen molar-refractivity contribution in [3.8, 4) is 5.75 Å². The van der Waals surface area contributed by atoms with Crippen molar-refractivity contribution in [3.05, 3.63) is 64.7 Å². The van der Waals surface area contributed by atoms with Crippen LogP contribution < -0.4 is 10.5 Å². The minimum Gasteiger partial charge on any atom is -0.493 e. The molecule has 2 nitrogen and oxygen atoms in total. The Morgan fingerprint density at radius 1 is 1.00 bits per heavy atom. The van der Waals surface area contributed by atoms with Crippen LogP contribution in [0.1, 0.15) is 29.2 Å². The SMILES string of the molecule is Cc1cc(CC(C)N)cc(C)c1OCCc1ccccc1. The highest BCUT2D eigenvalue weighted by Gasteiger charge is 2.08. The highest BCUT2D eigenvalue weighted by molar-refractivity contribution is 5.43. The van der Waals surface area contributed by atoms with Crippen LogP contribution in [0.4, 0.5) is 0 Å². The maximum atomic E-state index is 6.00. The second kappa shape index (κ2) is 7.28. The normalized spacial score (nSPS) is 12.2. The summed E-state index contributed by atoms with van der Waals surface area (Å²) in [4.78, 5) is 0. The molecule has 0 saturated carbocycles. The average molecular weight is 283 g/mol. The average Bonchev–Trinajstić information content (AvgIpc) is 2.42. The molecule has 2 rings (SSSR count). The van der Waals surface area contributed by atoms with E-state index >= 15 is 0 Å². The first kappa shape index (κ1) is 15.6. The van der Waals surface area contributed by atoms with E-state index in [0.717, 1.165) is 18.6 Å². The second-order valence-electron chi connectivity index (χ2n) is 5.82. The first-order chi connectivity index (χ1) is 10.1. The molecule has 1 unspecified atom stereocenters. The lowest BCUT2D eigenvalue weighted by atomic mass is 10.0. The van der Waals surface area contributed by atoms with E-state index < -0.39 is 0 Å². The van der Waals surface area contributed by atoms with Crippen LogP contribution in [0.5, 0.6) is 5.75 Å². The van der Waals surface area contributed by atoms with E-state index in [0.29, 0.717) is 6.61 Å². The van der Waals surface area contributed by atoms with Crippen molar-refractivity contribution in [1.82, 2.24) is 0 Å². The van der Waals surface area contributed by atoms with Gasteiger partial charge in [0, 0.05) is 12.5 Å². The Morgan fingerprint density at radius 3 is 2.19 bits per heavy atom. The Labute approximate surface area is 127 Å². The van der Waals surface area contributed by atoms with Gasteiger partial charge in [-0.25, -0.2) is 0 Å². The fourth-order valence-corrected chi connectivity index (χ4v) is 2.67. The largest absolute Gasteiger partial charge is 0.493 e. The van der Waals surface area contributed by atoms with E-state index in [4.69, 9.17) is 10.5 Å². The van der Waals surface area contributed by atoms with Crippen molar-refractivity contribution in [2.24, 2.45) is 5.73 Å². The highest BCUT2D eigenvalue weighted by atomic mass is 16.5. The minimum atomic E-state index is 0.189. The Morgan fingerprint density at radius 2 is 1.62 bits per heavy atom. The second-order valence-corrected chi connectivity index (χ2v) is 5.82. The molecule has 0 heterocycles. The molecule has 0 radical (unpaired) electrons. The summed E-state index contributed by atoms with van der Waals surface area (Å²) >= 11 is 0. The van der Waals surface area contributed by atoms with Crippen LogP contribution in [0.25, 0.3) is 0 Å². The van der Waals surface area contributed by atoms with E-state index in [1.807, 2.05) is 13.0 Å². The monoisotopic (exact) mass is 283 g/mol. The number of nitrogens with two attached hydrogens (primary N) is 1. The third-order valence-corrected chi connectivity index (χ3v) is 3.56. The molecule has 0 aromatic heterocycles. The van der Waals surface area contributed by atoms with E-state index in [2.05, 4.69) is 50.2 Å². The fourth-order valence-electron chi connectivity index (χ4n) is 2.67. The van der Waals surface area contributed by atoms with Gasteiger partial charge in [-0.15, -0.1) is 0 Å². The number of ether oxygens (including phenoxy) is 1. The molecule has 2 aromatic carbocycles. The highest BCUT2D eigenvalue weighted by Crippen LogP contribution is 2.25. The standard InChI is InChI=1S/C19H25NO/c1-14-11-18(13-16(3)20)12-15(2)19(14)21-10-9-17-7-5-4-6-8-17/h4-8,11-12,16H,9-10,13,20H2,1-3H3. The van der Waals surface area contributed by atoms with Crippen molar-refractivity contribution in [3.63, 3.8) is 0 Å². The summed E-state index contributed by atoms with van der Waals surface area (Å²) in [6.07, 6.45) is 1.84. The fraction of sp³-hybridized carbons (Fsp3) is 0.368. The van der Waals surface area contributed by atoms with Crippen LogP contribution in [0.3, 0.4) is 0 Å². The van der Waals surface area contributed by atoms with Crippen molar-refractivity contribution >= 4 is 0 Å². The summed E-state index contributed by atoms with van der Waals surface area (Å²) in [5.74, 6) is 1.01. The minimum absolute atomic E-state index is 0.189. The first-order valence-corrected chi connectivity index (χ1v) is 7.58. The van der Waals surface area contributed by atoms with Crippen LogP contribution in [0.2, 0.25) is 0 Å². The maximum absolute atomic E-state index is 6.00. The molecule has 0 aliphatic heterocycles. The smallest absolute Gasteiger partial charge is 0.125 e. The third kappa shape index (κ3) is 4.61. The molecule has 0 bridgehead atoms. The van der Waals surface area contributed by atoms with Crippen LogP contribution in [-0.2, 0) is 12.8 Å². The summed E-state index contributed by atoms with van der Waals surface area (Å²) in [7, 11) is 0. The number of hydrogen-bond acceptors (Lipinski definition) is 2. The number of benzene rings is 2. The molecule has 0 aliphatic rings. The topological polar surface area (TPSA) is 35.2 Å². The summed E-state index contributed by atoms with van der Waals surface area (Å²) in [6, 6.07) is 15.0. The van der Waals surface area contributed by atoms with Gasteiger partial charge >= 0.3 is 0 Å². The number of rotatable bonds is 6. The van der Waals surface area contributed by atoms with Crippen molar-refractivity contribution in [2.75, 3.05) is 6.61 Å². The van der Waals surface area contributed by atoms with E-state index in [9.17, 15) is 0 Å². The molecule has 0 amide bonds. The lowest BCUT2D eigenvalue weighted by Gasteiger charge is -2.15. The van der Waals surface area contributed by atoms with Gasteiger partial charge in [-0.05, 0) is 49.4 Å². The maximum Gasteiger partial charge on any atom is 0.125 e. The van der Waals surface area contributed by atoms with Crippen LogP contribution in [-0.4, -0.2) is 12.6 Å². The molecular weight excluding hydrogens is 258 g/mol. The molecule has 0 fully saturated rings. The molecule has 0 spiro atoms. The third-order valence-electron chi connectivity index (χ3n) is 3.56. The summed E-state index contributed by atoms with van der Waals surface area (Å²) < 4.78 is 6.00. The Hall–Kier alpha value is -1.80. The quantitative estimate of drug-likeness (QED) is 0.875. The van der Waals surface area contributed by atoms with Gasteiger partial charge in [-0.1, -0.05) is 42.5 Å². The summed E-state index contributed by atoms with van der Waals surface area (Å²) in [5.41, 5.74) is 10.9. The Bertz CT molecular complexity index is 552. The zero-order valence-electron chi connectivity index (χ0n) is 13.2. The molecule has 2 N–H and O–H groups in total. The molecule has 0 saturated heterocycles. The van der Waals surface area contributed by atoms with Gasteiger partial charge in [0.05, 0.1) is 6.61 Å². The molecule has 21 heavy (non-hydrogen) atoms. The molecule has 0 aliphatic carbocycles. The van der Waals surface area contributed by atoms with Crippen LogP contribution >= 0.6 is 0 Å². The van der Waals surface area contributed by atoms with Crippen molar-refractivity contribution < 1.29 is 4.74 Å². The predicted octanol–water partition coefficient (Wildman–Crippen LogP) is 3.81. The number of hydrogen-bond donors (Lipinski definition) is 1. The molecule has 2 heteroatoms. The van der Waals surface area contributed by atoms with Crippen molar-refractivity contribution in [1.29, 1.82) is 0 Å². The first-order valence-electron chi connectivity index (χ1n) is 7.58. The van der Waals surface area contributed by atoms with Crippen molar-refractivity contribution in [2.45, 2.75) is 39.7 Å².